The number of hydrogen-bond donors (Lipinski definition) is 1. The minimum Gasteiger partial charge on any atom is -0.495 e. The summed E-state index contributed by atoms with van der Waals surface area (Å²) in [5.41, 5.74) is 1.87. The number of carbonyl (C=O) groups excluding carboxylic acids is 1. The van der Waals surface area contributed by atoms with Crippen molar-refractivity contribution in [1.82, 2.24) is 9.97 Å². The molecule has 0 amide bonds. The van der Waals surface area contributed by atoms with Gasteiger partial charge in [-0.25, -0.2) is 14.4 Å². The Hall–Kier alpha value is -3.66. The predicted octanol–water partition coefficient (Wildman–Crippen LogP) is 6.19. The summed E-state index contributed by atoms with van der Waals surface area (Å²) < 4.78 is 24.2. The Balaban J connectivity index is 1.91. The molecule has 0 saturated carbocycles. The van der Waals surface area contributed by atoms with Gasteiger partial charge in [-0.2, -0.15) is 0 Å². The molecule has 1 heterocycles. The van der Waals surface area contributed by atoms with Gasteiger partial charge in [0, 0.05) is 23.6 Å². The minimum atomic E-state index is -0.600. The van der Waals surface area contributed by atoms with Crippen molar-refractivity contribution in [2.45, 2.75) is 47.5 Å². The van der Waals surface area contributed by atoms with E-state index >= 15 is 0 Å². The third-order valence-electron chi connectivity index (χ3n) is 5.83. The highest BCUT2D eigenvalue weighted by Crippen LogP contribution is 2.37. The van der Waals surface area contributed by atoms with Crippen LogP contribution < -0.4 is 10.1 Å². The Labute approximate surface area is 206 Å². The van der Waals surface area contributed by atoms with Crippen molar-refractivity contribution in [2.75, 3.05) is 19.5 Å². The summed E-state index contributed by atoms with van der Waals surface area (Å²) in [5.74, 6) is 7.19. The van der Waals surface area contributed by atoms with Crippen LogP contribution >= 0.6 is 0 Å². The van der Waals surface area contributed by atoms with Crippen LogP contribution in [0.3, 0.4) is 0 Å². The summed E-state index contributed by atoms with van der Waals surface area (Å²) in [6.45, 7) is 9.66. The van der Waals surface area contributed by atoms with Crippen LogP contribution in [0.5, 0.6) is 5.75 Å². The molecule has 7 heteroatoms. The second-order valence-corrected chi connectivity index (χ2v) is 10.1. The minimum absolute atomic E-state index is 0.203. The number of anilines is 2. The van der Waals surface area contributed by atoms with E-state index in [9.17, 15) is 9.18 Å². The summed E-state index contributed by atoms with van der Waals surface area (Å²) in [6, 6.07) is 8.53. The Morgan fingerprint density at radius 1 is 1.11 bits per heavy atom. The molecule has 0 saturated heterocycles. The van der Waals surface area contributed by atoms with Crippen LogP contribution in [0.2, 0.25) is 0 Å². The van der Waals surface area contributed by atoms with E-state index < -0.39 is 5.41 Å². The zero-order valence-corrected chi connectivity index (χ0v) is 21.4. The summed E-state index contributed by atoms with van der Waals surface area (Å²) >= 11 is 0. The first-order valence-corrected chi connectivity index (χ1v) is 11.4. The van der Waals surface area contributed by atoms with Crippen LogP contribution in [0.15, 0.2) is 36.7 Å². The molecule has 0 atom stereocenters. The second kappa shape index (κ2) is 10.3. The van der Waals surface area contributed by atoms with Gasteiger partial charge in [0.25, 0.3) is 0 Å². The SMILES string of the molecule is COC(=O)C(C)(C)CC(C)(C)CC#Cc1cc2c(Nc3ccc(F)c(C)c3)ncnc2cc1OC. The summed E-state index contributed by atoms with van der Waals surface area (Å²) in [4.78, 5) is 20.9. The van der Waals surface area contributed by atoms with E-state index in [0.717, 1.165) is 11.1 Å². The first kappa shape index (κ1) is 26.0. The van der Waals surface area contributed by atoms with E-state index in [-0.39, 0.29) is 17.2 Å². The topological polar surface area (TPSA) is 73.3 Å². The molecule has 0 fully saturated rings. The Bertz CT molecular complexity index is 1310. The molecule has 0 aliphatic carbocycles. The van der Waals surface area contributed by atoms with Crippen molar-refractivity contribution in [3.63, 3.8) is 0 Å². The maximum absolute atomic E-state index is 13.7. The number of methoxy groups -OCH3 is 2. The molecule has 0 radical (unpaired) electrons. The number of halogens is 1. The lowest BCUT2D eigenvalue weighted by Gasteiger charge is -2.31. The highest BCUT2D eigenvalue weighted by molar-refractivity contribution is 5.93. The molecule has 2 aromatic carbocycles. The van der Waals surface area contributed by atoms with Crippen LogP contribution in [0.25, 0.3) is 10.9 Å². The molecule has 3 rings (SSSR count). The smallest absolute Gasteiger partial charge is 0.311 e. The van der Waals surface area contributed by atoms with Crippen LogP contribution in [-0.2, 0) is 9.53 Å². The zero-order chi connectivity index (χ0) is 25.8. The third kappa shape index (κ3) is 6.27. The highest BCUT2D eigenvalue weighted by Gasteiger charge is 2.35. The molecule has 0 unspecified atom stereocenters. The first-order valence-electron chi connectivity index (χ1n) is 11.4. The van der Waals surface area contributed by atoms with Crippen molar-refractivity contribution < 1.29 is 18.7 Å². The lowest BCUT2D eigenvalue weighted by Crippen LogP contribution is -2.31. The summed E-state index contributed by atoms with van der Waals surface area (Å²) in [5, 5.41) is 4.02. The maximum atomic E-state index is 13.7. The van der Waals surface area contributed by atoms with E-state index in [4.69, 9.17) is 9.47 Å². The molecule has 6 nitrogen and oxygen atoms in total. The molecular weight excluding hydrogens is 445 g/mol. The number of rotatable bonds is 7. The quantitative estimate of drug-likeness (QED) is 0.323. The maximum Gasteiger partial charge on any atom is 0.311 e. The molecule has 0 spiro atoms. The number of ether oxygens (including phenoxy) is 2. The normalized spacial score (nSPS) is 11.5. The Kier molecular flexibility index (Phi) is 7.64. The Morgan fingerprint density at radius 3 is 2.51 bits per heavy atom. The summed E-state index contributed by atoms with van der Waals surface area (Å²) in [7, 11) is 3.00. The van der Waals surface area contributed by atoms with E-state index in [1.807, 2.05) is 26.0 Å². The van der Waals surface area contributed by atoms with Crippen molar-refractivity contribution >= 4 is 28.4 Å². The van der Waals surface area contributed by atoms with Crippen LogP contribution in [0, 0.1) is 35.4 Å². The number of nitrogens with zero attached hydrogens (tertiary/aromatic N) is 2. The molecule has 3 aromatic rings. The van der Waals surface area contributed by atoms with Crippen molar-refractivity contribution in [3.05, 3.63) is 53.6 Å². The number of nitrogens with one attached hydrogen (secondary N) is 1. The summed E-state index contributed by atoms with van der Waals surface area (Å²) in [6.07, 6.45) is 2.69. The van der Waals surface area contributed by atoms with Gasteiger partial charge in [-0.1, -0.05) is 25.7 Å². The van der Waals surface area contributed by atoms with Crippen LogP contribution in [0.4, 0.5) is 15.9 Å². The molecule has 1 N–H and O–H groups in total. The monoisotopic (exact) mass is 477 g/mol. The molecule has 35 heavy (non-hydrogen) atoms. The average Bonchev–Trinajstić information content (AvgIpc) is 2.80. The van der Waals surface area contributed by atoms with Gasteiger partial charge in [0.05, 0.1) is 30.7 Å². The van der Waals surface area contributed by atoms with Gasteiger partial charge in [-0.15, -0.1) is 0 Å². The molecule has 0 aliphatic heterocycles. The lowest BCUT2D eigenvalue weighted by atomic mass is 9.73. The largest absolute Gasteiger partial charge is 0.495 e. The predicted molar refractivity (Wildman–Crippen MR) is 136 cm³/mol. The van der Waals surface area contributed by atoms with Crippen LogP contribution in [-0.4, -0.2) is 30.2 Å². The Morgan fingerprint density at radius 2 is 1.86 bits per heavy atom. The second-order valence-electron chi connectivity index (χ2n) is 10.1. The van der Waals surface area contributed by atoms with Crippen molar-refractivity contribution in [1.29, 1.82) is 0 Å². The fraction of sp³-hybridized carbons (Fsp3) is 0.393. The number of aromatic nitrogens is 2. The van der Waals surface area contributed by atoms with E-state index in [1.54, 1.807) is 26.2 Å². The van der Waals surface area contributed by atoms with Crippen LogP contribution in [0.1, 0.15) is 51.7 Å². The van der Waals surface area contributed by atoms with Crippen molar-refractivity contribution in [2.24, 2.45) is 10.8 Å². The number of benzene rings is 2. The number of carbonyl (C=O) groups is 1. The number of aryl methyl sites for hydroxylation is 1. The molecule has 1 aromatic heterocycles. The highest BCUT2D eigenvalue weighted by atomic mass is 19.1. The zero-order valence-electron chi connectivity index (χ0n) is 21.4. The molecule has 0 bridgehead atoms. The first-order chi connectivity index (χ1) is 16.5. The fourth-order valence-electron chi connectivity index (χ4n) is 4.30. The third-order valence-corrected chi connectivity index (χ3v) is 5.83. The molecule has 184 valence electrons. The van der Waals surface area contributed by atoms with E-state index in [2.05, 4.69) is 41.0 Å². The van der Waals surface area contributed by atoms with E-state index in [1.165, 1.54) is 19.5 Å². The van der Waals surface area contributed by atoms with E-state index in [0.29, 0.717) is 41.1 Å². The fourth-order valence-corrected chi connectivity index (χ4v) is 4.30. The number of fused-ring (bicyclic) bond motifs is 1. The van der Waals surface area contributed by atoms with Gasteiger partial charge in [0.2, 0.25) is 0 Å². The van der Waals surface area contributed by atoms with Gasteiger partial charge in [0.15, 0.2) is 0 Å². The standard InChI is InChI=1S/C28H32FN3O3/c1-18-13-20(10-11-22(18)29)32-25-21-14-19(24(34-6)15-23(21)30-17-31-25)9-8-12-27(2,3)16-28(4,5)26(33)35-7/h10-11,13-15,17H,12,16H2,1-7H3,(H,30,31,32). The van der Waals surface area contributed by atoms with Gasteiger partial charge in [-0.05, 0) is 62.4 Å². The lowest BCUT2D eigenvalue weighted by molar-refractivity contribution is -0.152. The van der Waals surface area contributed by atoms with Gasteiger partial charge in [-0.3, -0.25) is 4.79 Å². The number of esters is 1. The van der Waals surface area contributed by atoms with Gasteiger partial charge < -0.3 is 14.8 Å². The van der Waals surface area contributed by atoms with Gasteiger partial charge in [0.1, 0.15) is 23.7 Å². The molecule has 0 aliphatic rings. The van der Waals surface area contributed by atoms with Gasteiger partial charge >= 0.3 is 5.97 Å². The molecular formula is C28H32FN3O3. The average molecular weight is 478 g/mol. The number of hydrogen-bond acceptors (Lipinski definition) is 6. The van der Waals surface area contributed by atoms with Crippen molar-refractivity contribution in [3.8, 4) is 17.6 Å².